The van der Waals surface area contributed by atoms with Gasteiger partial charge in [-0.05, 0) is 32.4 Å². The number of carboxylic acids is 1. The van der Waals surface area contributed by atoms with E-state index < -0.39 is 5.97 Å². The lowest BCUT2D eigenvalue weighted by molar-refractivity contribution is -0.145. The first kappa shape index (κ1) is 15.9. The quantitative estimate of drug-likeness (QED) is 0.671. The van der Waals surface area contributed by atoms with Crippen molar-refractivity contribution in [1.29, 1.82) is 0 Å². The van der Waals surface area contributed by atoms with Crippen LogP contribution >= 0.6 is 0 Å². The summed E-state index contributed by atoms with van der Waals surface area (Å²) in [6.07, 6.45) is 3.20. The molecule has 1 saturated heterocycles. The molecule has 0 aliphatic carbocycles. The van der Waals surface area contributed by atoms with Gasteiger partial charge in [-0.3, -0.25) is 9.59 Å². The van der Waals surface area contributed by atoms with Gasteiger partial charge < -0.3 is 20.1 Å². The zero-order valence-corrected chi connectivity index (χ0v) is 11.6. The summed E-state index contributed by atoms with van der Waals surface area (Å²) in [5, 5.41) is 12.0. The molecule has 0 spiro atoms. The molecule has 1 rings (SSSR count). The van der Waals surface area contributed by atoms with E-state index in [1.807, 2.05) is 6.92 Å². The molecule has 0 bridgehead atoms. The van der Waals surface area contributed by atoms with Crippen LogP contribution in [0.25, 0.3) is 0 Å². The van der Waals surface area contributed by atoms with Crippen molar-refractivity contribution in [3.05, 3.63) is 0 Å². The van der Waals surface area contributed by atoms with Crippen LogP contribution in [0.3, 0.4) is 0 Å². The lowest BCUT2D eigenvalue weighted by Gasteiger charge is -2.24. The van der Waals surface area contributed by atoms with Gasteiger partial charge in [0, 0.05) is 6.54 Å². The molecule has 0 radical (unpaired) electrons. The average molecular weight is 272 g/mol. The molecule has 0 unspecified atom stereocenters. The maximum atomic E-state index is 11.9. The number of rotatable bonds is 8. The normalized spacial score (nSPS) is 16.3. The first-order chi connectivity index (χ1) is 9.13. The van der Waals surface area contributed by atoms with Crippen molar-refractivity contribution in [3.63, 3.8) is 0 Å². The van der Waals surface area contributed by atoms with Gasteiger partial charge in [0.05, 0.1) is 19.1 Å². The molecule has 110 valence electrons. The van der Waals surface area contributed by atoms with Crippen LogP contribution in [0.5, 0.6) is 0 Å². The van der Waals surface area contributed by atoms with Crippen molar-refractivity contribution in [3.8, 4) is 0 Å². The minimum Gasteiger partial charge on any atom is -0.480 e. The maximum absolute atomic E-state index is 11.9. The predicted octanol–water partition coefficient (Wildman–Crippen LogP) is 0.468. The van der Waals surface area contributed by atoms with E-state index in [1.165, 1.54) is 4.90 Å². The highest BCUT2D eigenvalue weighted by Crippen LogP contribution is 2.08. The second kappa shape index (κ2) is 8.87. The average Bonchev–Trinajstić information content (AvgIpc) is 2.39. The molecule has 0 aromatic carbocycles. The number of carbonyl (C=O) groups is 2. The fraction of sp³-hybridized carbons (Fsp3) is 0.846. The van der Waals surface area contributed by atoms with Gasteiger partial charge in [0.1, 0.15) is 6.54 Å². The van der Waals surface area contributed by atoms with Crippen molar-refractivity contribution >= 4 is 11.9 Å². The Hall–Kier alpha value is -1.14. The van der Waals surface area contributed by atoms with Crippen LogP contribution < -0.4 is 5.32 Å². The van der Waals surface area contributed by atoms with Crippen LogP contribution in [0.2, 0.25) is 0 Å². The molecular formula is C13H24N2O4. The molecule has 0 aromatic heterocycles. The van der Waals surface area contributed by atoms with E-state index in [-0.39, 0.29) is 25.0 Å². The Morgan fingerprint density at radius 1 is 1.37 bits per heavy atom. The molecule has 19 heavy (non-hydrogen) atoms. The summed E-state index contributed by atoms with van der Waals surface area (Å²) in [5.41, 5.74) is 0. The number of aliphatic carboxylic acids is 1. The SMILES string of the molecule is CCCN(CC(=O)O)C(=O)CCOC1CCNCC1. The Labute approximate surface area is 114 Å². The molecule has 2 N–H and O–H groups in total. The Kier molecular flexibility index (Phi) is 7.43. The minimum absolute atomic E-state index is 0.141. The van der Waals surface area contributed by atoms with Crippen molar-refractivity contribution in [1.82, 2.24) is 10.2 Å². The Bertz CT molecular complexity index is 290. The van der Waals surface area contributed by atoms with Crippen molar-refractivity contribution in [2.24, 2.45) is 0 Å². The third-order valence-electron chi connectivity index (χ3n) is 3.13. The van der Waals surface area contributed by atoms with Crippen LogP contribution in [-0.4, -0.2) is 60.8 Å². The summed E-state index contributed by atoms with van der Waals surface area (Å²) in [6, 6.07) is 0. The Balaban J connectivity index is 2.24. The zero-order valence-electron chi connectivity index (χ0n) is 11.6. The fourth-order valence-electron chi connectivity index (χ4n) is 2.16. The van der Waals surface area contributed by atoms with E-state index in [1.54, 1.807) is 0 Å². The predicted molar refractivity (Wildman–Crippen MR) is 71.0 cm³/mol. The van der Waals surface area contributed by atoms with Crippen LogP contribution in [-0.2, 0) is 14.3 Å². The van der Waals surface area contributed by atoms with Crippen LogP contribution in [0.4, 0.5) is 0 Å². The summed E-state index contributed by atoms with van der Waals surface area (Å²) in [7, 11) is 0. The van der Waals surface area contributed by atoms with Gasteiger partial charge in [0.15, 0.2) is 0 Å². The molecule has 0 aromatic rings. The number of ether oxygens (including phenoxy) is 1. The van der Waals surface area contributed by atoms with E-state index in [9.17, 15) is 9.59 Å². The number of nitrogens with zero attached hydrogens (tertiary/aromatic N) is 1. The van der Waals surface area contributed by atoms with Crippen LogP contribution in [0.1, 0.15) is 32.6 Å². The first-order valence-corrected chi connectivity index (χ1v) is 6.95. The number of nitrogens with one attached hydrogen (secondary N) is 1. The second-order valence-electron chi connectivity index (χ2n) is 4.78. The number of hydrogen-bond donors (Lipinski definition) is 2. The standard InChI is InChI=1S/C13H24N2O4/c1-2-8-15(10-13(17)18)12(16)5-9-19-11-3-6-14-7-4-11/h11,14H,2-10H2,1H3,(H,17,18). The van der Waals surface area contributed by atoms with E-state index in [2.05, 4.69) is 5.32 Å². The Morgan fingerprint density at radius 3 is 2.63 bits per heavy atom. The molecule has 1 fully saturated rings. The number of hydrogen-bond acceptors (Lipinski definition) is 4. The second-order valence-corrected chi connectivity index (χ2v) is 4.78. The van der Waals surface area contributed by atoms with Gasteiger partial charge in [-0.2, -0.15) is 0 Å². The van der Waals surface area contributed by atoms with Gasteiger partial charge in [0.2, 0.25) is 5.91 Å². The summed E-state index contributed by atoms with van der Waals surface area (Å²) in [4.78, 5) is 23.9. The third kappa shape index (κ3) is 6.54. The largest absolute Gasteiger partial charge is 0.480 e. The Morgan fingerprint density at radius 2 is 2.05 bits per heavy atom. The molecule has 6 heteroatoms. The molecule has 0 saturated carbocycles. The molecule has 1 aliphatic rings. The number of carbonyl (C=O) groups excluding carboxylic acids is 1. The number of piperidine rings is 1. The van der Waals surface area contributed by atoms with Crippen LogP contribution in [0, 0.1) is 0 Å². The third-order valence-corrected chi connectivity index (χ3v) is 3.13. The van der Waals surface area contributed by atoms with E-state index in [4.69, 9.17) is 9.84 Å². The summed E-state index contributed by atoms with van der Waals surface area (Å²) >= 11 is 0. The van der Waals surface area contributed by atoms with Crippen molar-refractivity contribution < 1.29 is 19.4 Å². The summed E-state index contributed by atoms with van der Waals surface area (Å²) in [6.45, 7) is 4.48. The van der Waals surface area contributed by atoms with Gasteiger partial charge in [0.25, 0.3) is 0 Å². The highest BCUT2D eigenvalue weighted by molar-refractivity contribution is 5.81. The van der Waals surface area contributed by atoms with Gasteiger partial charge in [-0.1, -0.05) is 6.92 Å². The number of carboxylic acid groups (broad SMARTS) is 1. The lowest BCUT2D eigenvalue weighted by Crippen LogP contribution is -2.37. The van der Waals surface area contributed by atoms with Gasteiger partial charge in [-0.25, -0.2) is 0 Å². The fourth-order valence-corrected chi connectivity index (χ4v) is 2.16. The molecule has 6 nitrogen and oxygen atoms in total. The monoisotopic (exact) mass is 272 g/mol. The molecule has 0 atom stereocenters. The van der Waals surface area contributed by atoms with E-state index >= 15 is 0 Å². The molecule has 1 aliphatic heterocycles. The van der Waals surface area contributed by atoms with Crippen LogP contribution in [0.15, 0.2) is 0 Å². The van der Waals surface area contributed by atoms with Crippen molar-refractivity contribution in [2.75, 3.05) is 32.8 Å². The zero-order chi connectivity index (χ0) is 14.1. The molecule has 1 amide bonds. The van der Waals surface area contributed by atoms with Crippen molar-refractivity contribution in [2.45, 2.75) is 38.7 Å². The number of amides is 1. The van der Waals surface area contributed by atoms with E-state index in [0.29, 0.717) is 13.2 Å². The molecule has 1 heterocycles. The summed E-state index contributed by atoms with van der Waals surface area (Å²) < 4.78 is 5.65. The highest BCUT2D eigenvalue weighted by atomic mass is 16.5. The highest BCUT2D eigenvalue weighted by Gasteiger charge is 2.17. The van der Waals surface area contributed by atoms with E-state index in [0.717, 1.165) is 32.4 Å². The van der Waals surface area contributed by atoms with Gasteiger partial charge in [-0.15, -0.1) is 0 Å². The topological polar surface area (TPSA) is 78.9 Å². The molecular weight excluding hydrogens is 248 g/mol. The maximum Gasteiger partial charge on any atom is 0.323 e. The van der Waals surface area contributed by atoms with Gasteiger partial charge >= 0.3 is 5.97 Å². The summed E-state index contributed by atoms with van der Waals surface area (Å²) in [5.74, 6) is -1.11. The minimum atomic E-state index is -0.971. The first-order valence-electron chi connectivity index (χ1n) is 6.95. The smallest absolute Gasteiger partial charge is 0.323 e. The lowest BCUT2D eigenvalue weighted by atomic mass is 10.1.